The van der Waals surface area contributed by atoms with E-state index in [0.29, 0.717) is 13.2 Å². The van der Waals surface area contributed by atoms with E-state index in [4.69, 9.17) is 10.5 Å². The van der Waals surface area contributed by atoms with E-state index in [1.165, 1.54) is 0 Å². The number of nitrogens with two attached hydrogens (primary N) is 1. The molecule has 3 nitrogen and oxygen atoms in total. The zero-order valence-corrected chi connectivity index (χ0v) is 10.1. The molecule has 0 radical (unpaired) electrons. The van der Waals surface area contributed by atoms with E-state index in [9.17, 15) is 5.11 Å². The van der Waals surface area contributed by atoms with Gasteiger partial charge in [0.25, 0.3) is 0 Å². The highest BCUT2D eigenvalue weighted by Crippen LogP contribution is 2.43. The molecule has 0 aromatic rings. The molecule has 0 bridgehead atoms. The summed E-state index contributed by atoms with van der Waals surface area (Å²) in [6.07, 6.45) is 4.59. The molecule has 2 atom stereocenters. The number of hydrogen-bond donors (Lipinski definition) is 2. The Bertz CT molecular complexity index is 190. The van der Waals surface area contributed by atoms with Gasteiger partial charge in [0.05, 0.1) is 12.2 Å². The molecule has 1 fully saturated rings. The van der Waals surface area contributed by atoms with Gasteiger partial charge in [-0.1, -0.05) is 20.3 Å². The first-order chi connectivity index (χ1) is 7.14. The third-order valence-corrected chi connectivity index (χ3v) is 3.95. The van der Waals surface area contributed by atoms with Gasteiger partial charge in [0.15, 0.2) is 0 Å². The summed E-state index contributed by atoms with van der Waals surface area (Å²) in [5.41, 5.74) is 5.04. The van der Waals surface area contributed by atoms with Crippen LogP contribution < -0.4 is 5.73 Å². The minimum absolute atomic E-state index is 0.212. The summed E-state index contributed by atoms with van der Waals surface area (Å²) in [7, 11) is 0. The van der Waals surface area contributed by atoms with E-state index in [1.807, 2.05) is 6.92 Å². The lowest BCUT2D eigenvalue weighted by atomic mass is 9.65. The molecule has 0 aromatic carbocycles. The lowest BCUT2D eigenvalue weighted by Gasteiger charge is -2.48. The molecule has 0 spiro atoms. The zero-order chi connectivity index (χ0) is 11.4. The monoisotopic (exact) mass is 215 g/mol. The number of ether oxygens (including phenoxy) is 1. The highest BCUT2D eigenvalue weighted by atomic mass is 16.5. The fourth-order valence-corrected chi connectivity index (χ4v) is 2.80. The van der Waals surface area contributed by atoms with Crippen LogP contribution >= 0.6 is 0 Å². The maximum Gasteiger partial charge on any atom is 0.0735 e. The van der Waals surface area contributed by atoms with E-state index in [1.54, 1.807) is 0 Å². The Labute approximate surface area is 93.0 Å². The Morgan fingerprint density at radius 2 is 2.20 bits per heavy atom. The van der Waals surface area contributed by atoms with E-state index < -0.39 is 5.60 Å². The summed E-state index contributed by atoms with van der Waals surface area (Å²) >= 11 is 0. The third-order valence-electron chi connectivity index (χ3n) is 3.95. The van der Waals surface area contributed by atoms with Crippen molar-refractivity contribution in [3.63, 3.8) is 0 Å². The fraction of sp³-hybridized carbons (Fsp3) is 1.00. The highest BCUT2D eigenvalue weighted by molar-refractivity contribution is 5.00. The first-order valence-corrected chi connectivity index (χ1v) is 6.14. The molecule has 2 unspecified atom stereocenters. The van der Waals surface area contributed by atoms with Crippen molar-refractivity contribution < 1.29 is 9.84 Å². The Balaban J connectivity index is 2.84. The lowest BCUT2D eigenvalue weighted by Crippen LogP contribution is -2.56. The molecule has 3 heteroatoms. The van der Waals surface area contributed by atoms with Crippen LogP contribution in [0.1, 0.15) is 46.0 Å². The van der Waals surface area contributed by atoms with E-state index >= 15 is 0 Å². The molecule has 15 heavy (non-hydrogen) atoms. The van der Waals surface area contributed by atoms with E-state index in [2.05, 4.69) is 6.92 Å². The molecule has 1 aliphatic rings. The summed E-state index contributed by atoms with van der Waals surface area (Å²) in [6.45, 7) is 6.11. The molecule has 0 aliphatic carbocycles. The van der Waals surface area contributed by atoms with Gasteiger partial charge in [-0.15, -0.1) is 0 Å². The van der Waals surface area contributed by atoms with Gasteiger partial charge in [0.2, 0.25) is 0 Å². The predicted octanol–water partition coefficient (Wildman–Crippen LogP) is 1.68. The SMILES string of the molecule is CCCC(O)(CC)C1(CN)CCCOC1. The first kappa shape index (κ1) is 12.9. The van der Waals surface area contributed by atoms with Crippen LogP contribution in [0.4, 0.5) is 0 Å². The van der Waals surface area contributed by atoms with Crippen LogP contribution in [0.3, 0.4) is 0 Å². The van der Waals surface area contributed by atoms with Crippen LogP contribution in [-0.2, 0) is 4.74 Å². The smallest absolute Gasteiger partial charge is 0.0735 e. The average Bonchev–Trinajstić information content (AvgIpc) is 2.30. The van der Waals surface area contributed by atoms with E-state index in [-0.39, 0.29) is 5.41 Å². The highest BCUT2D eigenvalue weighted by Gasteiger charge is 2.48. The van der Waals surface area contributed by atoms with Crippen molar-refractivity contribution in [2.75, 3.05) is 19.8 Å². The van der Waals surface area contributed by atoms with Gasteiger partial charge in [-0.25, -0.2) is 0 Å². The Hall–Kier alpha value is -0.120. The summed E-state index contributed by atoms with van der Waals surface area (Å²) in [6, 6.07) is 0. The second-order valence-electron chi connectivity index (χ2n) is 4.78. The van der Waals surface area contributed by atoms with Crippen molar-refractivity contribution in [3.05, 3.63) is 0 Å². The van der Waals surface area contributed by atoms with Crippen LogP contribution in [0, 0.1) is 5.41 Å². The van der Waals surface area contributed by atoms with Crippen molar-refractivity contribution in [1.29, 1.82) is 0 Å². The molecule has 1 heterocycles. The Kier molecular flexibility index (Phi) is 4.56. The van der Waals surface area contributed by atoms with Gasteiger partial charge in [0, 0.05) is 18.6 Å². The topological polar surface area (TPSA) is 55.5 Å². The van der Waals surface area contributed by atoms with Gasteiger partial charge in [-0.3, -0.25) is 0 Å². The third kappa shape index (κ3) is 2.35. The van der Waals surface area contributed by atoms with Crippen molar-refractivity contribution in [3.8, 4) is 0 Å². The van der Waals surface area contributed by atoms with Gasteiger partial charge in [-0.2, -0.15) is 0 Å². The van der Waals surface area contributed by atoms with Crippen LogP contribution in [-0.4, -0.2) is 30.5 Å². The van der Waals surface area contributed by atoms with Gasteiger partial charge in [0.1, 0.15) is 0 Å². The second-order valence-corrected chi connectivity index (χ2v) is 4.78. The van der Waals surface area contributed by atoms with Gasteiger partial charge >= 0.3 is 0 Å². The maximum absolute atomic E-state index is 10.7. The molecule has 90 valence electrons. The Morgan fingerprint density at radius 3 is 2.60 bits per heavy atom. The van der Waals surface area contributed by atoms with Crippen molar-refractivity contribution in [2.45, 2.75) is 51.6 Å². The normalized spacial score (nSPS) is 31.2. The molecule has 0 saturated carbocycles. The molecule has 0 aromatic heterocycles. The van der Waals surface area contributed by atoms with E-state index in [0.717, 1.165) is 38.7 Å². The largest absolute Gasteiger partial charge is 0.389 e. The molecule has 1 aliphatic heterocycles. The Morgan fingerprint density at radius 1 is 1.47 bits per heavy atom. The van der Waals surface area contributed by atoms with Crippen LogP contribution in [0.25, 0.3) is 0 Å². The van der Waals surface area contributed by atoms with Crippen molar-refractivity contribution >= 4 is 0 Å². The first-order valence-electron chi connectivity index (χ1n) is 6.14. The quantitative estimate of drug-likeness (QED) is 0.733. The van der Waals surface area contributed by atoms with Crippen LogP contribution in [0.15, 0.2) is 0 Å². The molecular formula is C12H25NO2. The molecule has 3 N–H and O–H groups in total. The molecule has 1 rings (SSSR count). The number of rotatable bonds is 5. The standard InChI is InChI=1S/C12H25NO2/c1-3-6-12(14,4-2)11(9-13)7-5-8-15-10-11/h14H,3-10,13H2,1-2H3. The van der Waals surface area contributed by atoms with Crippen LogP contribution in [0.2, 0.25) is 0 Å². The molecule has 1 saturated heterocycles. The predicted molar refractivity (Wildman–Crippen MR) is 61.7 cm³/mol. The molecular weight excluding hydrogens is 190 g/mol. The van der Waals surface area contributed by atoms with Crippen molar-refractivity contribution in [2.24, 2.45) is 11.1 Å². The minimum atomic E-state index is -0.642. The summed E-state index contributed by atoms with van der Waals surface area (Å²) < 4.78 is 5.53. The van der Waals surface area contributed by atoms with Gasteiger partial charge < -0.3 is 15.6 Å². The maximum atomic E-state index is 10.7. The number of hydrogen-bond acceptors (Lipinski definition) is 3. The zero-order valence-electron chi connectivity index (χ0n) is 10.1. The molecule has 0 amide bonds. The van der Waals surface area contributed by atoms with Crippen LogP contribution in [0.5, 0.6) is 0 Å². The average molecular weight is 215 g/mol. The summed E-state index contributed by atoms with van der Waals surface area (Å²) in [4.78, 5) is 0. The summed E-state index contributed by atoms with van der Waals surface area (Å²) in [5.74, 6) is 0. The van der Waals surface area contributed by atoms with Crippen molar-refractivity contribution in [1.82, 2.24) is 0 Å². The number of aliphatic hydroxyl groups is 1. The minimum Gasteiger partial charge on any atom is -0.389 e. The van der Waals surface area contributed by atoms with Gasteiger partial charge in [-0.05, 0) is 25.7 Å². The second kappa shape index (κ2) is 5.28. The lowest BCUT2D eigenvalue weighted by molar-refractivity contribution is -0.149. The fourth-order valence-electron chi connectivity index (χ4n) is 2.80. The summed E-state index contributed by atoms with van der Waals surface area (Å²) in [5, 5.41) is 10.7.